The summed E-state index contributed by atoms with van der Waals surface area (Å²) < 4.78 is 12.6. The number of amides is 2. The van der Waals surface area contributed by atoms with Gasteiger partial charge in [-0.05, 0) is 60.5 Å². The van der Waals surface area contributed by atoms with Crippen LogP contribution in [0.2, 0.25) is 0 Å². The first-order valence-electron chi connectivity index (χ1n) is 18.0. The van der Waals surface area contributed by atoms with E-state index in [2.05, 4.69) is 27.5 Å². The monoisotopic (exact) mass is 737 g/mol. The second-order valence-corrected chi connectivity index (χ2v) is 13.8. The second-order valence-electron chi connectivity index (χ2n) is 13.8. The van der Waals surface area contributed by atoms with Crippen LogP contribution in [0.5, 0.6) is 5.75 Å². The van der Waals surface area contributed by atoms with E-state index in [4.69, 9.17) is 19.7 Å². The van der Waals surface area contributed by atoms with Gasteiger partial charge in [-0.15, -0.1) is 0 Å². The third-order valence-electron chi connectivity index (χ3n) is 10.4. The number of aliphatic hydroxyl groups is 1. The summed E-state index contributed by atoms with van der Waals surface area (Å²) in [5.41, 5.74) is 5.38. The van der Waals surface area contributed by atoms with Crippen LogP contribution in [0.1, 0.15) is 46.7 Å². The molecular formula is C39H43N7O8. The molecule has 0 spiro atoms. The van der Waals surface area contributed by atoms with Crippen molar-refractivity contribution in [3.8, 4) is 17.1 Å². The third kappa shape index (κ3) is 7.36. The molecule has 1 fully saturated rings. The molecule has 15 heteroatoms. The lowest BCUT2D eigenvalue weighted by Gasteiger charge is -2.33. The zero-order valence-corrected chi connectivity index (χ0v) is 30.2. The largest absolute Gasteiger partial charge is 0.458 e. The molecule has 2 aromatic heterocycles. The number of cyclic esters (lactones) is 1. The number of piperazine rings is 1. The summed E-state index contributed by atoms with van der Waals surface area (Å²) in [6, 6.07) is 14.6. The van der Waals surface area contributed by atoms with E-state index in [9.17, 15) is 24.3 Å². The fourth-order valence-electron chi connectivity index (χ4n) is 7.20. The maximum Gasteiger partial charge on any atom is 0.412 e. The van der Waals surface area contributed by atoms with Crippen LogP contribution in [-0.4, -0.2) is 94.0 Å². The van der Waals surface area contributed by atoms with E-state index < -0.39 is 23.6 Å². The van der Waals surface area contributed by atoms with Crippen LogP contribution in [0, 0.1) is 0 Å². The van der Waals surface area contributed by atoms with Crippen molar-refractivity contribution in [2.75, 3.05) is 46.3 Å². The van der Waals surface area contributed by atoms with E-state index >= 15 is 0 Å². The number of rotatable bonds is 11. The number of aromatic nitrogens is 2. The predicted octanol–water partition coefficient (Wildman–Crippen LogP) is 2.22. The number of likely N-dealkylation sites (N-methyl/N-ethyl adjacent to an activating group) is 1. The van der Waals surface area contributed by atoms with Crippen molar-refractivity contribution in [1.29, 1.82) is 0 Å². The van der Waals surface area contributed by atoms with Crippen LogP contribution in [0.25, 0.3) is 28.4 Å². The van der Waals surface area contributed by atoms with Gasteiger partial charge in [-0.25, -0.2) is 20.1 Å². The van der Waals surface area contributed by atoms with Crippen LogP contribution in [0.15, 0.2) is 59.4 Å². The number of hydroxylamine groups is 1. The maximum atomic E-state index is 13.9. The molecular weight excluding hydrogens is 694 g/mol. The second kappa shape index (κ2) is 15.5. The first-order valence-corrected chi connectivity index (χ1v) is 18.0. The van der Waals surface area contributed by atoms with Crippen LogP contribution < -0.4 is 26.4 Å². The molecule has 0 bridgehead atoms. The molecule has 1 atom stereocenters. The van der Waals surface area contributed by atoms with Crippen molar-refractivity contribution >= 4 is 34.9 Å². The number of ether oxygens (including phenoxy) is 2. The predicted molar refractivity (Wildman–Crippen MR) is 198 cm³/mol. The maximum absolute atomic E-state index is 13.9. The van der Waals surface area contributed by atoms with Crippen molar-refractivity contribution in [3.63, 3.8) is 0 Å². The van der Waals surface area contributed by atoms with Gasteiger partial charge >= 0.3 is 12.1 Å². The van der Waals surface area contributed by atoms with E-state index in [-0.39, 0.29) is 36.3 Å². The minimum Gasteiger partial charge on any atom is -0.458 e. The molecule has 3 aliphatic rings. The van der Waals surface area contributed by atoms with E-state index in [0.717, 1.165) is 53.8 Å². The number of hydrogen-bond acceptors (Lipinski definition) is 12. The van der Waals surface area contributed by atoms with Crippen molar-refractivity contribution in [3.05, 3.63) is 98.3 Å². The molecule has 4 aromatic rings. The first kappa shape index (κ1) is 36.9. The number of esters is 1. The molecule has 5 N–H and O–H groups in total. The van der Waals surface area contributed by atoms with Gasteiger partial charge in [0.15, 0.2) is 5.60 Å². The fourth-order valence-corrected chi connectivity index (χ4v) is 7.20. The Morgan fingerprint density at radius 1 is 1.04 bits per heavy atom. The van der Waals surface area contributed by atoms with Gasteiger partial charge in [0.1, 0.15) is 12.4 Å². The van der Waals surface area contributed by atoms with Gasteiger partial charge in [-0.2, -0.15) is 0 Å². The van der Waals surface area contributed by atoms with E-state index in [0.29, 0.717) is 48.8 Å². The average molecular weight is 738 g/mol. The van der Waals surface area contributed by atoms with Crippen LogP contribution in [-0.2, 0) is 46.2 Å². The molecule has 0 saturated carbocycles. The quantitative estimate of drug-likeness (QED) is 0.0438. The number of carbonyl (C=O) groups is 3. The number of benzene rings is 2. The van der Waals surface area contributed by atoms with Gasteiger partial charge in [0.25, 0.3) is 11.5 Å². The lowest BCUT2D eigenvalue weighted by Crippen LogP contribution is -2.44. The van der Waals surface area contributed by atoms with Gasteiger partial charge < -0.3 is 34.7 Å². The molecule has 0 aliphatic carbocycles. The molecule has 3 aliphatic heterocycles. The SMILES string of the molecule is CC[C@@]1(O)C(=O)OCc2c1cc1n(c2=O)Cc2c-1nc1ccc(OC(=O)NCCNCc3ccc(/C=C/C(=O)NO)cc3)cc1c2CN1CCN(C)CC1. The number of pyridine rings is 2. The minimum atomic E-state index is -1.91. The number of carbonyl (C=O) groups excluding carboxylic acids is 3. The van der Waals surface area contributed by atoms with Crippen molar-refractivity contribution in [2.24, 2.45) is 0 Å². The minimum absolute atomic E-state index is 0.0611. The summed E-state index contributed by atoms with van der Waals surface area (Å²) in [6.45, 7) is 7.30. The Kier molecular flexibility index (Phi) is 10.6. The van der Waals surface area contributed by atoms with Crippen molar-refractivity contribution in [1.82, 2.24) is 35.5 Å². The Labute approximate surface area is 311 Å². The summed E-state index contributed by atoms with van der Waals surface area (Å²) >= 11 is 0. The summed E-state index contributed by atoms with van der Waals surface area (Å²) in [7, 11) is 2.10. The number of nitrogens with zero attached hydrogens (tertiary/aromatic N) is 4. The molecule has 1 saturated heterocycles. The third-order valence-corrected chi connectivity index (χ3v) is 10.4. The Hall–Kier alpha value is -5.45. The van der Waals surface area contributed by atoms with E-state index in [1.807, 2.05) is 30.3 Å². The summed E-state index contributed by atoms with van der Waals surface area (Å²) in [4.78, 5) is 60.2. The van der Waals surface area contributed by atoms with Crippen molar-refractivity contribution in [2.45, 2.75) is 45.2 Å². The highest BCUT2D eigenvalue weighted by Gasteiger charge is 2.45. The highest BCUT2D eigenvalue weighted by molar-refractivity contribution is 5.91. The summed E-state index contributed by atoms with van der Waals surface area (Å²) in [5, 5.41) is 26.8. The normalized spacial score (nSPS) is 18.3. The highest BCUT2D eigenvalue weighted by atomic mass is 16.6. The van der Waals surface area contributed by atoms with Crippen LogP contribution >= 0.6 is 0 Å². The Morgan fingerprint density at radius 2 is 1.81 bits per heavy atom. The van der Waals surface area contributed by atoms with Gasteiger partial charge in [0.05, 0.1) is 29.0 Å². The average Bonchev–Trinajstić information content (AvgIpc) is 3.55. The molecule has 282 valence electrons. The van der Waals surface area contributed by atoms with Crippen molar-refractivity contribution < 1.29 is 34.2 Å². The van der Waals surface area contributed by atoms with Crippen LogP contribution in [0.4, 0.5) is 4.79 Å². The highest BCUT2D eigenvalue weighted by Crippen LogP contribution is 2.41. The number of nitrogens with one attached hydrogen (secondary N) is 3. The summed E-state index contributed by atoms with van der Waals surface area (Å²) in [6.07, 6.45) is 2.29. The van der Waals surface area contributed by atoms with Gasteiger partial charge in [0, 0.05) is 74.9 Å². The van der Waals surface area contributed by atoms with Gasteiger partial charge in [-0.3, -0.25) is 19.7 Å². The lowest BCUT2D eigenvalue weighted by atomic mass is 9.86. The number of fused-ring (bicyclic) bond motifs is 5. The molecule has 5 heterocycles. The van der Waals surface area contributed by atoms with E-state index in [1.165, 1.54) is 6.08 Å². The topological polar surface area (TPSA) is 188 Å². The molecule has 54 heavy (non-hydrogen) atoms. The van der Waals surface area contributed by atoms with Gasteiger partial charge in [-0.1, -0.05) is 31.2 Å². The summed E-state index contributed by atoms with van der Waals surface area (Å²) in [5.74, 6) is -1.01. The molecule has 2 aromatic carbocycles. The molecule has 15 nitrogen and oxygen atoms in total. The fraction of sp³-hybridized carbons (Fsp3) is 0.359. The van der Waals surface area contributed by atoms with Gasteiger partial charge in [0.2, 0.25) is 0 Å². The lowest BCUT2D eigenvalue weighted by molar-refractivity contribution is -0.172. The molecule has 7 rings (SSSR count). The molecule has 2 amide bonds. The van der Waals surface area contributed by atoms with E-state index in [1.54, 1.807) is 41.2 Å². The zero-order chi connectivity index (χ0) is 38.0. The zero-order valence-electron chi connectivity index (χ0n) is 30.2. The standard InChI is InChI=1S/C39H43N7O8/c1-3-39(51)31-19-33-35-29(22-46(33)36(48)30(31)23-53-37(39)49)28(21-45-16-14-44(2)15-17-45)27-18-26(9-10-32(27)42-35)54-38(50)41-13-12-40-20-25-6-4-24(5-7-25)8-11-34(47)43-52/h4-11,18-19,40,51-52H,3,12-17,20-23H2,1-2H3,(H,41,50)(H,43,47)/b11-8+/t39-/m0/s1. The van der Waals surface area contributed by atoms with Crippen LogP contribution in [0.3, 0.4) is 0 Å². The molecule has 0 unspecified atom stereocenters. The Morgan fingerprint density at radius 3 is 2.56 bits per heavy atom. The Bertz CT molecular complexity index is 2190. The first-order chi connectivity index (χ1) is 26.1. The Balaban J connectivity index is 1.08. The molecule has 0 radical (unpaired) electrons. The number of hydrogen-bond donors (Lipinski definition) is 5. The smallest absolute Gasteiger partial charge is 0.412 e.